The standard InChI is InChI=1S/C20H25ClN2O2S/c1-20(2,3)25-19(24)22-18-12-15-8-10-23(11-9-17(15)26-18)13-14-4-6-16(21)7-5-14/h4-7,12H,8-11,13H2,1-3H3,(H,22,24). The van der Waals surface area contributed by atoms with Gasteiger partial charge in [0.2, 0.25) is 0 Å². The zero-order valence-electron chi connectivity index (χ0n) is 15.5. The van der Waals surface area contributed by atoms with Crippen LogP contribution in [0.1, 0.15) is 36.8 Å². The maximum Gasteiger partial charge on any atom is 0.412 e. The van der Waals surface area contributed by atoms with Gasteiger partial charge < -0.3 is 4.74 Å². The summed E-state index contributed by atoms with van der Waals surface area (Å²) in [5.41, 5.74) is 2.13. The number of hydrogen-bond acceptors (Lipinski definition) is 4. The van der Waals surface area contributed by atoms with E-state index in [4.69, 9.17) is 16.3 Å². The second-order valence-corrected chi connectivity index (χ2v) is 9.16. The third kappa shape index (κ3) is 5.47. The number of hydrogen-bond donors (Lipinski definition) is 1. The molecule has 1 aliphatic rings. The van der Waals surface area contributed by atoms with Crippen molar-refractivity contribution in [2.24, 2.45) is 0 Å². The normalized spacial score (nSPS) is 15.2. The maximum absolute atomic E-state index is 11.9. The van der Waals surface area contributed by atoms with Crippen LogP contribution >= 0.6 is 22.9 Å². The van der Waals surface area contributed by atoms with Gasteiger partial charge in [-0.25, -0.2) is 4.79 Å². The molecule has 0 unspecified atom stereocenters. The molecular formula is C20H25ClN2O2S. The van der Waals surface area contributed by atoms with Crippen LogP contribution in [0.15, 0.2) is 30.3 Å². The van der Waals surface area contributed by atoms with Gasteiger partial charge in [0.1, 0.15) is 5.60 Å². The number of rotatable bonds is 3. The van der Waals surface area contributed by atoms with Gasteiger partial charge in [-0.2, -0.15) is 0 Å². The summed E-state index contributed by atoms with van der Waals surface area (Å²) in [4.78, 5) is 15.8. The first-order valence-corrected chi connectivity index (χ1v) is 10.1. The molecule has 2 heterocycles. The Morgan fingerprint density at radius 1 is 1.23 bits per heavy atom. The first-order valence-electron chi connectivity index (χ1n) is 8.87. The van der Waals surface area contributed by atoms with Crippen molar-refractivity contribution in [2.75, 3.05) is 18.4 Å². The Labute approximate surface area is 164 Å². The molecule has 0 aliphatic carbocycles. The number of nitrogens with one attached hydrogen (secondary N) is 1. The van der Waals surface area contributed by atoms with Gasteiger partial charge in [0, 0.05) is 29.5 Å². The number of carbonyl (C=O) groups is 1. The number of halogens is 1. The predicted molar refractivity (Wildman–Crippen MR) is 108 cm³/mol. The van der Waals surface area contributed by atoms with Crippen molar-refractivity contribution in [3.05, 3.63) is 51.4 Å². The van der Waals surface area contributed by atoms with E-state index >= 15 is 0 Å². The molecular weight excluding hydrogens is 368 g/mol. The molecule has 1 aromatic heterocycles. The predicted octanol–water partition coefficient (Wildman–Crippen LogP) is 5.35. The molecule has 0 bridgehead atoms. The van der Waals surface area contributed by atoms with Crippen LogP contribution in [0.2, 0.25) is 5.02 Å². The molecule has 6 heteroatoms. The molecule has 0 saturated heterocycles. The number of anilines is 1. The van der Waals surface area contributed by atoms with Gasteiger partial charge in [-0.3, -0.25) is 10.2 Å². The average Bonchev–Trinajstić information content (AvgIpc) is 2.82. The van der Waals surface area contributed by atoms with Gasteiger partial charge in [0.25, 0.3) is 0 Å². The lowest BCUT2D eigenvalue weighted by Crippen LogP contribution is -2.27. The van der Waals surface area contributed by atoms with Crippen LogP contribution in [0.4, 0.5) is 9.80 Å². The van der Waals surface area contributed by atoms with Crippen LogP contribution in [0, 0.1) is 0 Å². The van der Waals surface area contributed by atoms with Crippen molar-refractivity contribution in [3.8, 4) is 0 Å². The van der Waals surface area contributed by atoms with Gasteiger partial charge in [-0.05, 0) is 62.9 Å². The minimum atomic E-state index is -0.486. The summed E-state index contributed by atoms with van der Waals surface area (Å²) in [7, 11) is 0. The van der Waals surface area contributed by atoms with Crippen molar-refractivity contribution < 1.29 is 9.53 Å². The minimum Gasteiger partial charge on any atom is -0.444 e. The highest BCUT2D eigenvalue weighted by molar-refractivity contribution is 7.16. The highest BCUT2D eigenvalue weighted by Gasteiger charge is 2.20. The van der Waals surface area contributed by atoms with Gasteiger partial charge >= 0.3 is 6.09 Å². The lowest BCUT2D eigenvalue weighted by atomic mass is 10.2. The summed E-state index contributed by atoms with van der Waals surface area (Å²) in [6.07, 6.45) is 1.61. The number of fused-ring (bicyclic) bond motifs is 1. The fraction of sp³-hybridized carbons (Fsp3) is 0.450. The number of amides is 1. The Morgan fingerprint density at radius 3 is 2.62 bits per heavy atom. The SMILES string of the molecule is CC(C)(C)OC(=O)Nc1cc2c(s1)CCN(Cc1ccc(Cl)cc1)CC2. The highest BCUT2D eigenvalue weighted by atomic mass is 35.5. The zero-order valence-corrected chi connectivity index (χ0v) is 17.0. The summed E-state index contributed by atoms with van der Waals surface area (Å²) in [5, 5.41) is 4.51. The fourth-order valence-corrected chi connectivity index (χ4v) is 4.22. The van der Waals surface area contributed by atoms with Crippen molar-refractivity contribution in [1.82, 2.24) is 4.90 Å². The highest BCUT2D eigenvalue weighted by Crippen LogP contribution is 2.30. The summed E-state index contributed by atoms with van der Waals surface area (Å²) < 4.78 is 5.33. The van der Waals surface area contributed by atoms with E-state index in [0.717, 1.165) is 42.5 Å². The lowest BCUT2D eigenvalue weighted by Gasteiger charge is -2.20. The van der Waals surface area contributed by atoms with Crippen LogP contribution in [-0.4, -0.2) is 29.7 Å². The number of benzene rings is 1. The average molecular weight is 393 g/mol. The molecule has 4 nitrogen and oxygen atoms in total. The Hall–Kier alpha value is -1.56. The van der Waals surface area contributed by atoms with Gasteiger partial charge in [-0.1, -0.05) is 23.7 Å². The molecule has 140 valence electrons. The van der Waals surface area contributed by atoms with E-state index in [0.29, 0.717) is 0 Å². The number of ether oxygens (including phenoxy) is 1. The fourth-order valence-electron chi connectivity index (χ4n) is 3.01. The van der Waals surface area contributed by atoms with Gasteiger partial charge in [0.15, 0.2) is 0 Å². The van der Waals surface area contributed by atoms with Crippen molar-refractivity contribution in [1.29, 1.82) is 0 Å². The van der Waals surface area contributed by atoms with Gasteiger partial charge in [-0.15, -0.1) is 11.3 Å². The minimum absolute atomic E-state index is 0.390. The molecule has 26 heavy (non-hydrogen) atoms. The molecule has 0 saturated carbocycles. The van der Waals surface area contributed by atoms with Crippen molar-refractivity contribution in [3.63, 3.8) is 0 Å². The van der Waals surface area contributed by atoms with Gasteiger partial charge in [0.05, 0.1) is 5.00 Å². The molecule has 1 amide bonds. The molecule has 0 fully saturated rings. The quantitative estimate of drug-likeness (QED) is 0.765. The Kier molecular flexibility index (Phi) is 5.90. The molecule has 0 atom stereocenters. The van der Waals surface area contributed by atoms with Crippen molar-refractivity contribution >= 4 is 34.0 Å². The van der Waals surface area contributed by atoms with Crippen LogP contribution in [0.25, 0.3) is 0 Å². The second-order valence-electron chi connectivity index (χ2n) is 7.59. The molecule has 3 rings (SSSR count). The topological polar surface area (TPSA) is 41.6 Å². The monoisotopic (exact) mass is 392 g/mol. The van der Waals surface area contributed by atoms with E-state index in [1.54, 1.807) is 11.3 Å². The maximum atomic E-state index is 11.9. The third-order valence-electron chi connectivity index (χ3n) is 4.19. The van der Waals surface area contributed by atoms with E-state index < -0.39 is 11.7 Å². The second kappa shape index (κ2) is 7.99. The molecule has 1 aromatic carbocycles. The number of carbonyl (C=O) groups excluding carboxylic acids is 1. The summed E-state index contributed by atoms with van der Waals surface area (Å²) in [6, 6.07) is 10.2. The smallest absolute Gasteiger partial charge is 0.412 e. The lowest BCUT2D eigenvalue weighted by molar-refractivity contribution is 0.0636. The van der Waals surface area contributed by atoms with Crippen LogP contribution in [-0.2, 0) is 24.1 Å². The van der Waals surface area contributed by atoms with E-state index in [9.17, 15) is 4.79 Å². The summed E-state index contributed by atoms with van der Waals surface area (Å²) in [5.74, 6) is 0. The van der Waals surface area contributed by atoms with Crippen LogP contribution in [0.5, 0.6) is 0 Å². The van der Waals surface area contributed by atoms with Crippen LogP contribution in [0.3, 0.4) is 0 Å². The molecule has 1 N–H and O–H groups in total. The van der Waals surface area contributed by atoms with Crippen LogP contribution < -0.4 is 5.32 Å². The Balaban J connectivity index is 1.57. The number of thiophene rings is 1. The summed E-state index contributed by atoms with van der Waals surface area (Å²) in [6.45, 7) is 8.57. The molecule has 0 spiro atoms. The van der Waals surface area contributed by atoms with E-state index in [2.05, 4.69) is 28.4 Å². The molecule has 1 aliphatic heterocycles. The number of nitrogens with zero attached hydrogens (tertiary/aromatic N) is 1. The first kappa shape index (κ1) is 19.2. The van der Waals surface area contributed by atoms with Crippen molar-refractivity contribution in [2.45, 2.75) is 45.8 Å². The Morgan fingerprint density at radius 2 is 1.92 bits per heavy atom. The third-order valence-corrected chi connectivity index (χ3v) is 5.60. The van der Waals surface area contributed by atoms with E-state index in [-0.39, 0.29) is 0 Å². The molecule has 0 radical (unpaired) electrons. The molecule has 2 aromatic rings. The Bertz CT molecular complexity index is 740. The first-order chi connectivity index (χ1) is 12.3. The summed E-state index contributed by atoms with van der Waals surface area (Å²) >= 11 is 7.62. The van der Waals surface area contributed by atoms with E-state index in [1.165, 1.54) is 16.0 Å². The largest absolute Gasteiger partial charge is 0.444 e. The van der Waals surface area contributed by atoms with E-state index in [1.807, 2.05) is 32.9 Å². The zero-order chi connectivity index (χ0) is 18.7.